The molecule has 1 amide bonds. The molecule has 1 aromatic rings. The van der Waals surface area contributed by atoms with Gasteiger partial charge in [0.05, 0.1) is 17.4 Å². The first-order valence-corrected chi connectivity index (χ1v) is 8.89. The molecule has 2 rings (SSSR count). The molecule has 0 aliphatic carbocycles. The molecule has 0 spiro atoms. The van der Waals surface area contributed by atoms with E-state index >= 15 is 0 Å². The highest BCUT2D eigenvalue weighted by atomic mass is 32.2. The quantitative estimate of drug-likeness (QED) is 0.902. The Morgan fingerprint density at radius 1 is 1.35 bits per heavy atom. The van der Waals surface area contributed by atoms with Crippen molar-refractivity contribution < 1.29 is 13.2 Å². The maximum absolute atomic E-state index is 12.4. The molecule has 0 bridgehead atoms. The third-order valence-electron chi connectivity index (χ3n) is 3.67. The van der Waals surface area contributed by atoms with Gasteiger partial charge in [-0.2, -0.15) is 0 Å². The van der Waals surface area contributed by atoms with E-state index in [1.54, 1.807) is 0 Å². The molecule has 0 radical (unpaired) electrons. The van der Waals surface area contributed by atoms with Crippen molar-refractivity contribution in [1.29, 1.82) is 0 Å². The fourth-order valence-corrected chi connectivity index (χ4v) is 4.31. The Labute approximate surface area is 120 Å². The van der Waals surface area contributed by atoms with Crippen LogP contribution in [0.2, 0.25) is 0 Å². The van der Waals surface area contributed by atoms with E-state index in [4.69, 9.17) is 0 Å². The molecule has 0 saturated carbocycles. The maximum atomic E-state index is 12.4. The Balaban J connectivity index is 2.05. The molecule has 110 valence electrons. The Morgan fingerprint density at radius 2 is 2.05 bits per heavy atom. The van der Waals surface area contributed by atoms with Gasteiger partial charge in [-0.25, -0.2) is 8.42 Å². The summed E-state index contributed by atoms with van der Waals surface area (Å²) in [6, 6.07) is 9.44. The summed E-state index contributed by atoms with van der Waals surface area (Å²) < 4.78 is 22.9. The fourth-order valence-electron chi connectivity index (χ4n) is 2.63. The maximum Gasteiger partial charge on any atom is 0.227 e. The Kier molecular flexibility index (Phi) is 4.81. The third-order valence-corrected chi connectivity index (χ3v) is 5.44. The summed E-state index contributed by atoms with van der Waals surface area (Å²) in [5, 5.41) is 2.90. The number of benzene rings is 1. The molecule has 20 heavy (non-hydrogen) atoms. The number of amides is 1. The Morgan fingerprint density at radius 3 is 2.60 bits per heavy atom. The summed E-state index contributed by atoms with van der Waals surface area (Å²) in [5.41, 5.74) is 0.993. The predicted molar refractivity (Wildman–Crippen MR) is 79.3 cm³/mol. The van der Waals surface area contributed by atoms with E-state index in [0.717, 1.165) is 18.4 Å². The predicted octanol–water partition coefficient (Wildman–Crippen LogP) is 1.87. The fraction of sp³-hybridized carbons (Fsp3) is 0.533. The molecular weight excluding hydrogens is 274 g/mol. The zero-order chi connectivity index (χ0) is 14.6. The smallest absolute Gasteiger partial charge is 0.227 e. The zero-order valence-electron chi connectivity index (χ0n) is 11.7. The second kappa shape index (κ2) is 6.39. The summed E-state index contributed by atoms with van der Waals surface area (Å²) >= 11 is 0. The van der Waals surface area contributed by atoms with Gasteiger partial charge in [0.25, 0.3) is 0 Å². The normalized spacial score (nSPS) is 22.4. The van der Waals surface area contributed by atoms with Gasteiger partial charge in [0, 0.05) is 6.04 Å². The van der Waals surface area contributed by atoms with Gasteiger partial charge in [0.15, 0.2) is 9.84 Å². The molecule has 2 unspecified atom stereocenters. The van der Waals surface area contributed by atoms with Crippen LogP contribution in [-0.2, 0) is 14.6 Å². The van der Waals surface area contributed by atoms with Crippen LogP contribution in [0.15, 0.2) is 30.3 Å². The molecule has 1 aromatic carbocycles. The molecular formula is C15H21NO3S. The SMILES string of the molecule is CCCC(C(=O)NC1CCS(=O)(=O)C1)c1ccccc1. The first kappa shape index (κ1) is 15.0. The van der Waals surface area contributed by atoms with Crippen LogP contribution in [0.5, 0.6) is 0 Å². The second-order valence-corrected chi connectivity index (χ2v) is 7.59. The lowest BCUT2D eigenvalue weighted by Gasteiger charge is -2.19. The highest BCUT2D eigenvalue weighted by Gasteiger charge is 2.30. The lowest BCUT2D eigenvalue weighted by molar-refractivity contribution is -0.123. The summed E-state index contributed by atoms with van der Waals surface area (Å²) in [6.07, 6.45) is 2.22. The summed E-state index contributed by atoms with van der Waals surface area (Å²) in [4.78, 5) is 12.4. The minimum Gasteiger partial charge on any atom is -0.352 e. The van der Waals surface area contributed by atoms with Gasteiger partial charge >= 0.3 is 0 Å². The average Bonchev–Trinajstić information content (AvgIpc) is 2.76. The van der Waals surface area contributed by atoms with Crippen LogP contribution >= 0.6 is 0 Å². The molecule has 1 aliphatic rings. The largest absolute Gasteiger partial charge is 0.352 e. The van der Waals surface area contributed by atoms with Crippen molar-refractivity contribution in [2.24, 2.45) is 0 Å². The van der Waals surface area contributed by atoms with Gasteiger partial charge in [-0.15, -0.1) is 0 Å². The van der Waals surface area contributed by atoms with Crippen molar-refractivity contribution in [1.82, 2.24) is 5.32 Å². The van der Waals surface area contributed by atoms with E-state index in [1.165, 1.54) is 0 Å². The van der Waals surface area contributed by atoms with Gasteiger partial charge < -0.3 is 5.32 Å². The standard InChI is InChI=1S/C15H21NO3S/c1-2-6-14(12-7-4-3-5-8-12)15(17)16-13-9-10-20(18,19)11-13/h3-5,7-8,13-14H,2,6,9-11H2,1H3,(H,16,17). The van der Waals surface area contributed by atoms with E-state index in [2.05, 4.69) is 5.32 Å². The summed E-state index contributed by atoms with van der Waals surface area (Å²) in [6.45, 7) is 2.04. The van der Waals surface area contributed by atoms with Crippen LogP contribution in [0.1, 0.15) is 37.7 Å². The Bertz CT molecular complexity index is 554. The van der Waals surface area contributed by atoms with Crippen molar-refractivity contribution in [3.8, 4) is 0 Å². The average molecular weight is 295 g/mol. The molecule has 1 heterocycles. The van der Waals surface area contributed by atoms with Crippen LogP contribution in [0.4, 0.5) is 0 Å². The third kappa shape index (κ3) is 3.82. The lowest BCUT2D eigenvalue weighted by atomic mass is 9.93. The molecule has 1 aliphatic heterocycles. The van der Waals surface area contributed by atoms with Gasteiger partial charge in [0.2, 0.25) is 5.91 Å². The molecule has 5 heteroatoms. The number of rotatable bonds is 5. The molecule has 4 nitrogen and oxygen atoms in total. The number of nitrogens with one attached hydrogen (secondary N) is 1. The van der Waals surface area contributed by atoms with E-state index in [0.29, 0.717) is 6.42 Å². The van der Waals surface area contributed by atoms with E-state index in [-0.39, 0.29) is 29.4 Å². The number of carbonyl (C=O) groups is 1. The highest BCUT2D eigenvalue weighted by molar-refractivity contribution is 7.91. The van der Waals surface area contributed by atoms with Crippen LogP contribution in [0.25, 0.3) is 0 Å². The topological polar surface area (TPSA) is 63.2 Å². The van der Waals surface area contributed by atoms with Crippen molar-refractivity contribution in [3.63, 3.8) is 0 Å². The number of sulfone groups is 1. The van der Waals surface area contributed by atoms with Crippen LogP contribution in [-0.4, -0.2) is 31.9 Å². The van der Waals surface area contributed by atoms with Crippen molar-refractivity contribution in [2.45, 2.75) is 38.1 Å². The molecule has 1 saturated heterocycles. The van der Waals surface area contributed by atoms with Crippen molar-refractivity contribution >= 4 is 15.7 Å². The van der Waals surface area contributed by atoms with E-state index < -0.39 is 9.84 Å². The minimum absolute atomic E-state index is 0.0554. The van der Waals surface area contributed by atoms with Crippen LogP contribution in [0.3, 0.4) is 0 Å². The molecule has 1 fully saturated rings. The lowest BCUT2D eigenvalue weighted by Crippen LogP contribution is -2.38. The zero-order valence-corrected chi connectivity index (χ0v) is 12.5. The minimum atomic E-state index is -2.96. The monoisotopic (exact) mass is 295 g/mol. The van der Waals surface area contributed by atoms with Crippen molar-refractivity contribution in [2.75, 3.05) is 11.5 Å². The van der Waals surface area contributed by atoms with Gasteiger partial charge in [-0.1, -0.05) is 43.7 Å². The number of carbonyl (C=O) groups excluding carboxylic acids is 1. The van der Waals surface area contributed by atoms with Crippen LogP contribution < -0.4 is 5.32 Å². The summed E-state index contributed by atoms with van der Waals surface area (Å²) in [5.74, 6) is 0.0123. The Hall–Kier alpha value is -1.36. The molecule has 1 N–H and O–H groups in total. The van der Waals surface area contributed by atoms with Gasteiger partial charge in [-0.3, -0.25) is 4.79 Å². The summed E-state index contributed by atoms with van der Waals surface area (Å²) in [7, 11) is -2.96. The second-order valence-electron chi connectivity index (χ2n) is 5.36. The molecule has 2 atom stereocenters. The van der Waals surface area contributed by atoms with Gasteiger partial charge in [0.1, 0.15) is 0 Å². The van der Waals surface area contributed by atoms with E-state index in [1.807, 2.05) is 37.3 Å². The van der Waals surface area contributed by atoms with Gasteiger partial charge in [-0.05, 0) is 18.4 Å². The molecule has 0 aromatic heterocycles. The van der Waals surface area contributed by atoms with Crippen molar-refractivity contribution in [3.05, 3.63) is 35.9 Å². The first-order valence-electron chi connectivity index (χ1n) is 7.07. The van der Waals surface area contributed by atoms with Crippen LogP contribution in [0, 0.1) is 0 Å². The first-order chi connectivity index (χ1) is 9.52. The number of hydrogen-bond donors (Lipinski definition) is 1. The highest BCUT2D eigenvalue weighted by Crippen LogP contribution is 2.22. The number of hydrogen-bond acceptors (Lipinski definition) is 3. The van der Waals surface area contributed by atoms with E-state index in [9.17, 15) is 13.2 Å².